The van der Waals surface area contributed by atoms with Gasteiger partial charge < -0.3 is 0 Å². The minimum atomic E-state index is -0.00296. The number of carbonyl (C=O) groups excluding carboxylic acids is 1. The molecule has 0 fully saturated rings. The van der Waals surface area contributed by atoms with E-state index in [1.807, 2.05) is 19.9 Å². The van der Waals surface area contributed by atoms with E-state index in [4.69, 9.17) is 0 Å². The van der Waals surface area contributed by atoms with Crippen LogP contribution in [0.3, 0.4) is 0 Å². The van der Waals surface area contributed by atoms with E-state index in [0.29, 0.717) is 5.57 Å². The van der Waals surface area contributed by atoms with E-state index in [0.717, 1.165) is 5.56 Å². The summed E-state index contributed by atoms with van der Waals surface area (Å²) in [5.41, 5.74) is 1.58. The second-order valence-corrected chi connectivity index (χ2v) is 2.97. The van der Waals surface area contributed by atoms with Crippen molar-refractivity contribution in [3.05, 3.63) is 47.8 Å². The first-order valence-corrected chi connectivity index (χ1v) is 4.78. The Morgan fingerprint density at radius 2 is 2.20 bits per heavy atom. The third-order valence-electron chi connectivity index (χ3n) is 1.89. The Labute approximate surface area is 89.2 Å². The van der Waals surface area contributed by atoms with Crippen molar-refractivity contribution in [2.75, 3.05) is 0 Å². The Bertz CT molecular complexity index is 397. The van der Waals surface area contributed by atoms with Gasteiger partial charge in [0.05, 0.1) is 6.20 Å². The zero-order valence-corrected chi connectivity index (χ0v) is 8.90. The molecule has 0 bridgehead atoms. The molecule has 1 aromatic rings. The third-order valence-corrected chi connectivity index (χ3v) is 1.89. The normalized spacial score (nSPS) is 12.8. The van der Waals surface area contributed by atoms with Crippen LogP contribution in [-0.2, 0) is 4.79 Å². The monoisotopic (exact) mass is 202 g/mol. The standard InChI is InChI=1S/C12H14N2O/c1-3-5-11(4-2)12(15)7-6-10-8-13-14-9-10/h3-9H,1-2H3,(H,13,14)/b5-3-,7-6+,11-4+. The fourth-order valence-electron chi connectivity index (χ4n) is 1.12. The Kier molecular flexibility index (Phi) is 4.29. The largest absolute Gasteiger partial charge is 0.289 e. The summed E-state index contributed by atoms with van der Waals surface area (Å²) in [5.74, 6) is -0.00296. The van der Waals surface area contributed by atoms with Crippen molar-refractivity contribution in [2.45, 2.75) is 13.8 Å². The number of hydrogen-bond acceptors (Lipinski definition) is 2. The maximum atomic E-state index is 11.6. The van der Waals surface area contributed by atoms with Crippen molar-refractivity contribution in [1.82, 2.24) is 10.2 Å². The van der Waals surface area contributed by atoms with E-state index in [9.17, 15) is 4.79 Å². The number of allylic oxidation sites excluding steroid dienone is 5. The summed E-state index contributed by atoms with van der Waals surface area (Å²) in [5, 5.41) is 6.47. The quantitative estimate of drug-likeness (QED) is 0.602. The molecule has 0 radical (unpaired) electrons. The lowest BCUT2D eigenvalue weighted by Gasteiger charge is -1.93. The van der Waals surface area contributed by atoms with Gasteiger partial charge in [-0.25, -0.2) is 0 Å². The van der Waals surface area contributed by atoms with Crippen LogP contribution in [0.2, 0.25) is 0 Å². The first kappa shape index (κ1) is 11.2. The highest BCUT2D eigenvalue weighted by Gasteiger charge is 1.99. The van der Waals surface area contributed by atoms with Crippen LogP contribution >= 0.6 is 0 Å². The summed E-state index contributed by atoms with van der Waals surface area (Å²) < 4.78 is 0. The van der Waals surface area contributed by atoms with Gasteiger partial charge in [0, 0.05) is 17.3 Å². The average molecular weight is 202 g/mol. The molecule has 1 aromatic heterocycles. The van der Waals surface area contributed by atoms with Gasteiger partial charge in [-0.15, -0.1) is 0 Å². The van der Waals surface area contributed by atoms with E-state index >= 15 is 0 Å². The van der Waals surface area contributed by atoms with Gasteiger partial charge in [-0.1, -0.05) is 18.2 Å². The first-order chi connectivity index (χ1) is 7.27. The number of carbonyl (C=O) groups is 1. The maximum Gasteiger partial charge on any atom is 0.185 e. The van der Waals surface area contributed by atoms with Crippen LogP contribution in [0.4, 0.5) is 0 Å². The highest BCUT2D eigenvalue weighted by molar-refractivity contribution is 6.08. The van der Waals surface area contributed by atoms with Crippen molar-refractivity contribution >= 4 is 11.9 Å². The molecule has 0 aromatic carbocycles. The van der Waals surface area contributed by atoms with Crippen molar-refractivity contribution in [3.63, 3.8) is 0 Å². The summed E-state index contributed by atoms with van der Waals surface area (Å²) >= 11 is 0. The van der Waals surface area contributed by atoms with Crippen LogP contribution in [0, 0.1) is 0 Å². The highest BCUT2D eigenvalue weighted by atomic mass is 16.1. The van der Waals surface area contributed by atoms with Gasteiger partial charge in [0.25, 0.3) is 0 Å². The molecule has 3 nitrogen and oxygen atoms in total. The lowest BCUT2D eigenvalue weighted by molar-refractivity contribution is -0.111. The molecule has 0 unspecified atom stereocenters. The summed E-state index contributed by atoms with van der Waals surface area (Å²) in [6, 6.07) is 0. The molecule has 78 valence electrons. The molecule has 0 atom stereocenters. The molecule has 0 spiro atoms. The van der Waals surface area contributed by atoms with Crippen LogP contribution in [0.5, 0.6) is 0 Å². The molecular formula is C12H14N2O. The van der Waals surface area contributed by atoms with E-state index in [-0.39, 0.29) is 5.78 Å². The summed E-state index contributed by atoms with van der Waals surface area (Å²) in [6.45, 7) is 3.73. The molecule has 0 saturated carbocycles. The van der Waals surface area contributed by atoms with Gasteiger partial charge >= 0.3 is 0 Å². The molecule has 1 rings (SSSR count). The van der Waals surface area contributed by atoms with E-state index in [1.165, 1.54) is 0 Å². The van der Waals surface area contributed by atoms with Crippen molar-refractivity contribution in [1.29, 1.82) is 0 Å². The fraction of sp³-hybridized carbons (Fsp3) is 0.167. The number of aromatic nitrogens is 2. The minimum Gasteiger partial charge on any atom is -0.289 e. The highest BCUT2D eigenvalue weighted by Crippen LogP contribution is 2.03. The Morgan fingerprint density at radius 1 is 1.40 bits per heavy atom. The van der Waals surface area contributed by atoms with Crippen molar-refractivity contribution in [2.24, 2.45) is 0 Å². The Hall–Kier alpha value is -1.90. The molecule has 1 N–H and O–H groups in total. The minimum absolute atomic E-state index is 0.00296. The molecular weight excluding hydrogens is 188 g/mol. The third kappa shape index (κ3) is 3.38. The smallest absolute Gasteiger partial charge is 0.185 e. The lowest BCUT2D eigenvalue weighted by atomic mass is 10.1. The van der Waals surface area contributed by atoms with Crippen molar-refractivity contribution in [3.8, 4) is 0 Å². The second-order valence-electron chi connectivity index (χ2n) is 2.97. The molecule has 0 aliphatic carbocycles. The topological polar surface area (TPSA) is 45.8 Å². The van der Waals surface area contributed by atoms with Gasteiger partial charge in [0.1, 0.15) is 0 Å². The predicted octanol–water partition coefficient (Wildman–Crippen LogP) is 2.51. The maximum absolute atomic E-state index is 11.6. The molecule has 15 heavy (non-hydrogen) atoms. The van der Waals surface area contributed by atoms with Crippen LogP contribution in [0.15, 0.2) is 42.3 Å². The van der Waals surface area contributed by atoms with Crippen molar-refractivity contribution < 1.29 is 4.79 Å². The Morgan fingerprint density at radius 3 is 2.73 bits per heavy atom. The number of hydrogen-bond donors (Lipinski definition) is 1. The number of ketones is 1. The van der Waals surface area contributed by atoms with Gasteiger partial charge in [-0.3, -0.25) is 9.89 Å². The van der Waals surface area contributed by atoms with E-state index < -0.39 is 0 Å². The van der Waals surface area contributed by atoms with Crippen LogP contribution in [0.1, 0.15) is 19.4 Å². The second kappa shape index (κ2) is 5.75. The lowest BCUT2D eigenvalue weighted by Crippen LogP contribution is -1.94. The number of aromatic amines is 1. The van der Waals surface area contributed by atoms with Crippen LogP contribution in [-0.4, -0.2) is 16.0 Å². The summed E-state index contributed by atoms with van der Waals surface area (Å²) in [4.78, 5) is 11.6. The van der Waals surface area contributed by atoms with E-state index in [1.54, 1.807) is 36.7 Å². The molecule has 0 aliphatic heterocycles. The SMILES string of the molecule is C/C=C\C(=C/C)C(=O)/C=C/c1cn[nH]c1. The molecule has 0 saturated heterocycles. The molecule has 0 aliphatic rings. The number of nitrogens with zero attached hydrogens (tertiary/aromatic N) is 1. The molecule has 1 heterocycles. The van der Waals surface area contributed by atoms with Gasteiger partial charge in [-0.05, 0) is 26.0 Å². The average Bonchev–Trinajstić information content (AvgIpc) is 2.75. The predicted molar refractivity (Wildman–Crippen MR) is 61.2 cm³/mol. The van der Waals surface area contributed by atoms with Crippen LogP contribution in [0.25, 0.3) is 6.08 Å². The van der Waals surface area contributed by atoms with Crippen LogP contribution < -0.4 is 0 Å². The zero-order chi connectivity index (χ0) is 11.1. The first-order valence-electron chi connectivity index (χ1n) is 4.78. The number of H-pyrrole nitrogens is 1. The molecule has 0 amide bonds. The summed E-state index contributed by atoms with van der Waals surface area (Å²) in [6.07, 6.45) is 12.1. The number of nitrogens with one attached hydrogen (secondary N) is 1. The summed E-state index contributed by atoms with van der Waals surface area (Å²) in [7, 11) is 0. The molecule has 3 heteroatoms. The van der Waals surface area contributed by atoms with Gasteiger partial charge in [0.15, 0.2) is 5.78 Å². The zero-order valence-electron chi connectivity index (χ0n) is 8.90. The van der Waals surface area contributed by atoms with Gasteiger partial charge in [0.2, 0.25) is 0 Å². The number of rotatable bonds is 4. The fourth-order valence-corrected chi connectivity index (χ4v) is 1.12. The van der Waals surface area contributed by atoms with Gasteiger partial charge in [-0.2, -0.15) is 5.10 Å². The van der Waals surface area contributed by atoms with E-state index in [2.05, 4.69) is 10.2 Å². The Balaban J connectivity index is 2.70.